The van der Waals surface area contributed by atoms with Crippen LogP contribution >= 0.6 is 0 Å². The molecule has 126 valence electrons. The Kier molecular flexibility index (Phi) is 5.18. The van der Waals surface area contributed by atoms with Gasteiger partial charge in [0.25, 0.3) is 0 Å². The van der Waals surface area contributed by atoms with Gasteiger partial charge in [0.2, 0.25) is 5.91 Å². The molecule has 0 aliphatic heterocycles. The highest BCUT2D eigenvalue weighted by Crippen LogP contribution is 2.30. The summed E-state index contributed by atoms with van der Waals surface area (Å²) in [6.07, 6.45) is 10.1. The molecule has 0 saturated carbocycles. The highest BCUT2D eigenvalue weighted by molar-refractivity contribution is 5.79. The number of pyridine rings is 1. The number of hydrogen-bond donors (Lipinski definition) is 1. The first-order valence-electron chi connectivity index (χ1n) is 8.79. The van der Waals surface area contributed by atoms with Gasteiger partial charge in [0.05, 0.1) is 6.04 Å². The number of nitrogens with zero attached hydrogens (tertiary/aromatic N) is 3. The lowest BCUT2D eigenvalue weighted by Crippen LogP contribution is -2.35. The molecule has 0 radical (unpaired) electrons. The summed E-state index contributed by atoms with van der Waals surface area (Å²) in [5.41, 5.74) is 3.09. The van der Waals surface area contributed by atoms with Crippen LogP contribution in [0.25, 0.3) is 11.4 Å². The maximum Gasteiger partial charge on any atom is 0.223 e. The molecule has 0 spiro atoms. The number of aromatic nitrogens is 3. The fraction of sp³-hybridized carbons (Fsp3) is 0.474. The largest absolute Gasteiger partial charge is 0.349 e. The average Bonchev–Trinajstić information content (AvgIpc) is 2.63. The van der Waals surface area contributed by atoms with Crippen molar-refractivity contribution in [3.63, 3.8) is 0 Å². The summed E-state index contributed by atoms with van der Waals surface area (Å²) in [7, 11) is 0. The Morgan fingerprint density at radius 2 is 2.04 bits per heavy atom. The predicted octanol–water partition coefficient (Wildman–Crippen LogP) is 3.47. The van der Waals surface area contributed by atoms with Crippen LogP contribution in [0, 0.1) is 5.92 Å². The second-order valence-corrected chi connectivity index (χ2v) is 6.30. The zero-order valence-electron chi connectivity index (χ0n) is 14.3. The Bertz CT molecular complexity index is 698. The van der Waals surface area contributed by atoms with Crippen molar-refractivity contribution in [2.45, 2.75) is 52.0 Å². The van der Waals surface area contributed by atoms with E-state index in [2.05, 4.69) is 29.1 Å². The van der Waals surface area contributed by atoms with E-state index in [0.717, 1.165) is 54.7 Å². The molecule has 1 aliphatic rings. The highest BCUT2D eigenvalue weighted by atomic mass is 16.1. The summed E-state index contributed by atoms with van der Waals surface area (Å²) >= 11 is 0. The second kappa shape index (κ2) is 7.51. The van der Waals surface area contributed by atoms with Gasteiger partial charge in [0, 0.05) is 41.3 Å². The van der Waals surface area contributed by atoms with Crippen molar-refractivity contribution in [2.24, 2.45) is 5.92 Å². The van der Waals surface area contributed by atoms with Gasteiger partial charge < -0.3 is 5.32 Å². The van der Waals surface area contributed by atoms with Crippen LogP contribution in [0.15, 0.2) is 30.7 Å². The molecule has 3 rings (SSSR count). The van der Waals surface area contributed by atoms with E-state index in [4.69, 9.17) is 4.98 Å². The van der Waals surface area contributed by atoms with Gasteiger partial charge in [-0.2, -0.15) is 0 Å². The molecule has 2 aromatic rings. The molecule has 1 aliphatic carbocycles. The molecule has 0 aromatic carbocycles. The average molecular weight is 324 g/mol. The number of carbonyl (C=O) groups excluding carboxylic acids is 1. The number of rotatable bonds is 5. The van der Waals surface area contributed by atoms with Gasteiger partial charge in [0.1, 0.15) is 0 Å². The first-order chi connectivity index (χ1) is 11.7. The molecule has 0 fully saturated rings. The summed E-state index contributed by atoms with van der Waals surface area (Å²) in [6.45, 7) is 4.12. The Balaban J connectivity index is 1.82. The molecular weight excluding hydrogens is 300 g/mol. The van der Waals surface area contributed by atoms with E-state index in [9.17, 15) is 4.79 Å². The van der Waals surface area contributed by atoms with Crippen molar-refractivity contribution in [3.8, 4) is 11.4 Å². The summed E-state index contributed by atoms with van der Waals surface area (Å²) in [5.74, 6) is 0.964. The van der Waals surface area contributed by atoms with Crippen molar-refractivity contribution in [1.82, 2.24) is 20.3 Å². The summed E-state index contributed by atoms with van der Waals surface area (Å²) in [4.78, 5) is 25.7. The number of hydrogen-bond acceptors (Lipinski definition) is 4. The van der Waals surface area contributed by atoms with Crippen LogP contribution in [-0.2, 0) is 11.2 Å². The second-order valence-electron chi connectivity index (χ2n) is 6.30. The number of aryl methyl sites for hydroxylation is 1. The van der Waals surface area contributed by atoms with Crippen LogP contribution in [0.4, 0.5) is 0 Å². The van der Waals surface area contributed by atoms with E-state index >= 15 is 0 Å². The van der Waals surface area contributed by atoms with E-state index in [0.29, 0.717) is 0 Å². The zero-order chi connectivity index (χ0) is 16.9. The summed E-state index contributed by atoms with van der Waals surface area (Å²) in [6, 6.07) is 3.86. The minimum absolute atomic E-state index is 0.0355. The van der Waals surface area contributed by atoms with Crippen molar-refractivity contribution in [3.05, 3.63) is 42.0 Å². The lowest BCUT2D eigenvalue weighted by Gasteiger charge is -2.27. The Hall–Kier alpha value is -2.30. The standard InChI is InChI=1S/C19H24N4O/c1-3-13(4-2)19(24)23-17-7-5-6-16-15(17)12-21-18(22-16)14-8-10-20-11-9-14/h8-13,17H,3-7H2,1-2H3,(H,23,24)/t17-/m0/s1. The van der Waals surface area contributed by atoms with E-state index < -0.39 is 0 Å². The zero-order valence-corrected chi connectivity index (χ0v) is 14.3. The lowest BCUT2D eigenvalue weighted by atomic mass is 9.91. The first-order valence-corrected chi connectivity index (χ1v) is 8.79. The van der Waals surface area contributed by atoms with E-state index in [1.165, 1.54) is 0 Å². The third kappa shape index (κ3) is 3.45. The van der Waals surface area contributed by atoms with Gasteiger partial charge >= 0.3 is 0 Å². The van der Waals surface area contributed by atoms with Gasteiger partial charge in [-0.25, -0.2) is 9.97 Å². The van der Waals surface area contributed by atoms with Crippen LogP contribution in [0.1, 0.15) is 56.8 Å². The van der Waals surface area contributed by atoms with Gasteiger partial charge in [-0.3, -0.25) is 9.78 Å². The number of amides is 1. The molecule has 2 heterocycles. The van der Waals surface area contributed by atoms with Gasteiger partial charge in [-0.05, 0) is 44.2 Å². The van der Waals surface area contributed by atoms with Crippen LogP contribution in [0.5, 0.6) is 0 Å². The molecule has 0 saturated heterocycles. The van der Waals surface area contributed by atoms with Crippen LogP contribution in [-0.4, -0.2) is 20.9 Å². The topological polar surface area (TPSA) is 67.8 Å². The molecular formula is C19H24N4O. The smallest absolute Gasteiger partial charge is 0.223 e. The normalized spacial score (nSPS) is 16.7. The molecule has 0 bridgehead atoms. The number of nitrogens with one attached hydrogen (secondary N) is 1. The third-order valence-electron chi connectivity index (χ3n) is 4.79. The number of carbonyl (C=O) groups is 1. The van der Waals surface area contributed by atoms with Crippen LogP contribution in [0.3, 0.4) is 0 Å². The van der Waals surface area contributed by atoms with Gasteiger partial charge in [-0.1, -0.05) is 13.8 Å². The maximum atomic E-state index is 12.4. The minimum atomic E-state index is 0.0355. The van der Waals surface area contributed by atoms with E-state index in [-0.39, 0.29) is 17.9 Å². The molecule has 24 heavy (non-hydrogen) atoms. The SMILES string of the molecule is CCC(CC)C(=O)N[C@H]1CCCc2nc(-c3ccncc3)ncc21. The lowest BCUT2D eigenvalue weighted by molar-refractivity contribution is -0.126. The quantitative estimate of drug-likeness (QED) is 0.914. The fourth-order valence-electron chi connectivity index (χ4n) is 3.29. The Morgan fingerprint density at radius 3 is 2.75 bits per heavy atom. The Labute approximate surface area is 143 Å². The molecule has 1 amide bonds. The predicted molar refractivity (Wildman–Crippen MR) is 93.2 cm³/mol. The van der Waals surface area contributed by atoms with Crippen LogP contribution < -0.4 is 5.32 Å². The first kappa shape index (κ1) is 16.6. The van der Waals surface area contributed by atoms with Crippen molar-refractivity contribution in [2.75, 3.05) is 0 Å². The molecule has 2 aromatic heterocycles. The van der Waals surface area contributed by atoms with Crippen molar-refractivity contribution >= 4 is 5.91 Å². The fourth-order valence-corrected chi connectivity index (χ4v) is 3.29. The molecule has 5 heteroatoms. The monoisotopic (exact) mass is 324 g/mol. The van der Waals surface area contributed by atoms with E-state index in [1.54, 1.807) is 12.4 Å². The van der Waals surface area contributed by atoms with Gasteiger partial charge in [-0.15, -0.1) is 0 Å². The summed E-state index contributed by atoms with van der Waals surface area (Å²) < 4.78 is 0. The highest BCUT2D eigenvalue weighted by Gasteiger charge is 2.25. The Morgan fingerprint density at radius 1 is 1.29 bits per heavy atom. The molecule has 5 nitrogen and oxygen atoms in total. The molecule has 1 atom stereocenters. The number of fused-ring (bicyclic) bond motifs is 1. The van der Waals surface area contributed by atoms with Crippen LogP contribution in [0.2, 0.25) is 0 Å². The maximum absolute atomic E-state index is 12.4. The van der Waals surface area contributed by atoms with E-state index in [1.807, 2.05) is 18.3 Å². The third-order valence-corrected chi connectivity index (χ3v) is 4.79. The summed E-state index contributed by atoms with van der Waals surface area (Å²) in [5, 5.41) is 3.21. The van der Waals surface area contributed by atoms with Crippen molar-refractivity contribution in [1.29, 1.82) is 0 Å². The van der Waals surface area contributed by atoms with Crippen molar-refractivity contribution < 1.29 is 4.79 Å². The molecule has 0 unspecified atom stereocenters. The minimum Gasteiger partial charge on any atom is -0.349 e. The molecule has 1 N–H and O–H groups in total. The van der Waals surface area contributed by atoms with Gasteiger partial charge in [0.15, 0.2) is 5.82 Å².